The summed E-state index contributed by atoms with van der Waals surface area (Å²) in [6.45, 7) is 8.77. The topological polar surface area (TPSA) is 60.0 Å². The van der Waals surface area contributed by atoms with E-state index in [1.54, 1.807) is 0 Å². The molecule has 6 nitrogen and oxygen atoms in total. The van der Waals surface area contributed by atoms with Gasteiger partial charge in [0.25, 0.3) is 0 Å². The highest BCUT2D eigenvalue weighted by molar-refractivity contribution is 4.92. The van der Waals surface area contributed by atoms with Crippen LogP contribution >= 0.6 is 0 Å². The van der Waals surface area contributed by atoms with E-state index in [0.717, 1.165) is 31.2 Å². The standard InChI is InChI=1S/C14H23N5O/c1-5-13-15-6-7-19(13)9-8-18(4)10-12-16-14(11(2)3)20-17-12/h6-7,11H,5,8-10H2,1-4H3. The predicted molar refractivity (Wildman–Crippen MR) is 76.3 cm³/mol. The average Bonchev–Trinajstić information content (AvgIpc) is 3.04. The first-order valence-corrected chi connectivity index (χ1v) is 7.11. The zero-order chi connectivity index (χ0) is 14.5. The molecule has 0 N–H and O–H groups in total. The average molecular weight is 277 g/mol. The van der Waals surface area contributed by atoms with Gasteiger partial charge in [0.2, 0.25) is 5.89 Å². The molecule has 110 valence electrons. The SMILES string of the molecule is CCc1nccn1CCN(C)Cc1noc(C(C)C)n1. The van der Waals surface area contributed by atoms with E-state index in [0.29, 0.717) is 12.4 Å². The zero-order valence-corrected chi connectivity index (χ0v) is 12.7. The first-order valence-electron chi connectivity index (χ1n) is 7.11. The monoisotopic (exact) mass is 277 g/mol. The Balaban J connectivity index is 1.84. The number of aromatic nitrogens is 4. The molecule has 0 radical (unpaired) electrons. The van der Waals surface area contributed by atoms with Crippen molar-refractivity contribution in [2.24, 2.45) is 0 Å². The van der Waals surface area contributed by atoms with E-state index in [9.17, 15) is 0 Å². The van der Waals surface area contributed by atoms with Gasteiger partial charge in [-0.15, -0.1) is 0 Å². The van der Waals surface area contributed by atoms with Crippen molar-refractivity contribution in [1.82, 2.24) is 24.6 Å². The first-order chi connectivity index (χ1) is 9.60. The summed E-state index contributed by atoms with van der Waals surface area (Å²) < 4.78 is 7.40. The maximum atomic E-state index is 5.21. The second-order valence-electron chi connectivity index (χ2n) is 5.33. The molecule has 2 rings (SSSR count). The van der Waals surface area contributed by atoms with Crippen molar-refractivity contribution in [1.29, 1.82) is 0 Å². The molecule has 0 bridgehead atoms. The Kier molecular flexibility index (Phi) is 4.89. The molecule has 0 saturated carbocycles. The Labute approximate surface area is 119 Å². The van der Waals surface area contributed by atoms with Crippen molar-refractivity contribution in [3.63, 3.8) is 0 Å². The Hall–Kier alpha value is -1.69. The van der Waals surface area contributed by atoms with Crippen LogP contribution in [0.2, 0.25) is 0 Å². The van der Waals surface area contributed by atoms with Gasteiger partial charge in [-0.1, -0.05) is 25.9 Å². The summed E-state index contributed by atoms with van der Waals surface area (Å²) in [6.07, 6.45) is 4.84. The molecule has 0 aliphatic carbocycles. The van der Waals surface area contributed by atoms with E-state index < -0.39 is 0 Å². The maximum absolute atomic E-state index is 5.21. The van der Waals surface area contributed by atoms with Crippen molar-refractivity contribution >= 4 is 0 Å². The molecule has 0 amide bonds. The summed E-state index contributed by atoms with van der Waals surface area (Å²) in [7, 11) is 2.06. The van der Waals surface area contributed by atoms with Crippen LogP contribution < -0.4 is 0 Å². The third-order valence-corrected chi connectivity index (χ3v) is 3.23. The van der Waals surface area contributed by atoms with E-state index in [4.69, 9.17) is 4.52 Å². The minimum absolute atomic E-state index is 0.277. The fraction of sp³-hybridized carbons (Fsp3) is 0.643. The van der Waals surface area contributed by atoms with Crippen LogP contribution in [0.1, 0.15) is 44.2 Å². The second kappa shape index (κ2) is 6.65. The quantitative estimate of drug-likeness (QED) is 0.775. The minimum atomic E-state index is 0.277. The Morgan fingerprint density at radius 3 is 2.85 bits per heavy atom. The van der Waals surface area contributed by atoms with Crippen LogP contribution in [0.4, 0.5) is 0 Å². The molecule has 2 aromatic heterocycles. The highest BCUT2D eigenvalue weighted by Gasteiger charge is 2.11. The van der Waals surface area contributed by atoms with Crippen LogP contribution in [0.25, 0.3) is 0 Å². The Morgan fingerprint density at radius 1 is 1.40 bits per heavy atom. The molecule has 6 heteroatoms. The van der Waals surface area contributed by atoms with E-state index in [-0.39, 0.29) is 5.92 Å². The molecule has 0 unspecified atom stereocenters. The van der Waals surface area contributed by atoms with Crippen LogP contribution in [0.3, 0.4) is 0 Å². The number of hydrogen-bond acceptors (Lipinski definition) is 5. The van der Waals surface area contributed by atoms with Gasteiger partial charge >= 0.3 is 0 Å². The van der Waals surface area contributed by atoms with Crippen LogP contribution in [0, 0.1) is 0 Å². The Morgan fingerprint density at radius 2 is 2.20 bits per heavy atom. The lowest BCUT2D eigenvalue weighted by atomic mass is 10.2. The lowest BCUT2D eigenvalue weighted by Gasteiger charge is -2.15. The number of nitrogens with zero attached hydrogens (tertiary/aromatic N) is 5. The lowest BCUT2D eigenvalue weighted by Crippen LogP contribution is -2.24. The molecular formula is C14H23N5O. The fourth-order valence-electron chi connectivity index (χ4n) is 2.02. The summed E-state index contributed by atoms with van der Waals surface area (Å²) in [5.74, 6) is 2.86. The summed E-state index contributed by atoms with van der Waals surface area (Å²) in [4.78, 5) is 10.9. The van der Waals surface area contributed by atoms with E-state index in [1.165, 1.54) is 0 Å². The molecule has 0 fully saturated rings. The van der Waals surface area contributed by atoms with Gasteiger partial charge in [0.05, 0.1) is 6.54 Å². The number of rotatable bonds is 7. The van der Waals surface area contributed by atoms with E-state index >= 15 is 0 Å². The van der Waals surface area contributed by atoms with Gasteiger partial charge in [0.1, 0.15) is 5.82 Å². The molecule has 0 spiro atoms. The van der Waals surface area contributed by atoms with Crippen molar-refractivity contribution in [3.8, 4) is 0 Å². The summed E-state index contributed by atoms with van der Waals surface area (Å²) in [5, 5.41) is 4.01. The van der Waals surface area contributed by atoms with Crippen molar-refractivity contribution in [2.45, 2.75) is 46.2 Å². The lowest BCUT2D eigenvalue weighted by molar-refractivity contribution is 0.293. The van der Waals surface area contributed by atoms with Gasteiger partial charge in [-0.25, -0.2) is 4.98 Å². The molecule has 0 aromatic carbocycles. The molecule has 0 aliphatic rings. The van der Waals surface area contributed by atoms with Gasteiger partial charge < -0.3 is 9.09 Å². The number of likely N-dealkylation sites (N-methyl/N-ethyl adjacent to an activating group) is 1. The smallest absolute Gasteiger partial charge is 0.229 e. The molecular weight excluding hydrogens is 254 g/mol. The Bertz CT molecular complexity index is 531. The number of hydrogen-bond donors (Lipinski definition) is 0. The van der Waals surface area contributed by atoms with Crippen molar-refractivity contribution in [3.05, 3.63) is 29.9 Å². The third-order valence-electron chi connectivity index (χ3n) is 3.23. The normalized spacial score (nSPS) is 11.7. The maximum Gasteiger partial charge on any atom is 0.229 e. The summed E-state index contributed by atoms with van der Waals surface area (Å²) >= 11 is 0. The van der Waals surface area contributed by atoms with Gasteiger partial charge in [0, 0.05) is 37.8 Å². The fourth-order valence-corrected chi connectivity index (χ4v) is 2.02. The minimum Gasteiger partial charge on any atom is -0.339 e. The van der Waals surface area contributed by atoms with Gasteiger partial charge in [-0.2, -0.15) is 4.98 Å². The zero-order valence-electron chi connectivity index (χ0n) is 12.7. The molecule has 2 heterocycles. The van der Waals surface area contributed by atoms with E-state index in [2.05, 4.69) is 38.6 Å². The number of imidazole rings is 1. The highest BCUT2D eigenvalue weighted by atomic mass is 16.5. The summed E-state index contributed by atoms with van der Waals surface area (Å²) in [6, 6.07) is 0. The molecule has 2 aromatic rings. The van der Waals surface area contributed by atoms with Gasteiger partial charge in [-0.05, 0) is 7.05 Å². The molecule has 0 atom stereocenters. The first kappa shape index (κ1) is 14.7. The van der Waals surface area contributed by atoms with Crippen LogP contribution in [-0.4, -0.2) is 38.2 Å². The van der Waals surface area contributed by atoms with E-state index in [1.807, 2.05) is 26.2 Å². The van der Waals surface area contributed by atoms with Gasteiger partial charge in [-0.3, -0.25) is 4.90 Å². The van der Waals surface area contributed by atoms with Crippen LogP contribution in [0.5, 0.6) is 0 Å². The van der Waals surface area contributed by atoms with Crippen molar-refractivity contribution in [2.75, 3.05) is 13.6 Å². The molecule has 0 saturated heterocycles. The van der Waals surface area contributed by atoms with Crippen LogP contribution in [-0.2, 0) is 19.5 Å². The molecule has 20 heavy (non-hydrogen) atoms. The number of aryl methyl sites for hydroxylation is 1. The van der Waals surface area contributed by atoms with Gasteiger partial charge in [0.15, 0.2) is 5.82 Å². The molecule has 0 aliphatic heterocycles. The van der Waals surface area contributed by atoms with Crippen LogP contribution in [0.15, 0.2) is 16.9 Å². The predicted octanol–water partition coefficient (Wildman–Crippen LogP) is 2.08. The highest BCUT2D eigenvalue weighted by Crippen LogP contribution is 2.11. The largest absolute Gasteiger partial charge is 0.339 e. The van der Waals surface area contributed by atoms with Crippen molar-refractivity contribution < 1.29 is 4.52 Å². The summed E-state index contributed by atoms with van der Waals surface area (Å²) in [5.41, 5.74) is 0. The second-order valence-corrected chi connectivity index (χ2v) is 5.33. The third kappa shape index (κ3) is 3.66.